The quantitative estimate of drug-likeness (QED) is 0.439. The van der Waals surface area contributed by atoms with E-state index < -0.39 is 12.1 Å². The number of rotatable bonds is 7. The number of likely N-dealkylation sites (N-methyl/N-ethyl adjacent to an activating group) is 2. The van der Waals surface area contributed by atoms with Crippen molar-refractivity contribution in [2.24, 2.45) is 0 Å². The van der Waals surface area contributed by atoms with E-state index in [9.17, 15) is 14.4 Å². The molecule has 0 spiro atoms. The van der Waals surface area contributed by atoms with Gasteiger partial charge in [-0.1, -0.05) is 48.5 Å². The van der Waals surface area contributed by atoms with E-state index in [0.29, 0.717) is 17.9 Å². The molecule has 2 atom stereocenters. The lowest BCUT2D eigenvalue weighted by Gasteiger charge is -2.34. The molecule has 3 amide bonds. The first-order valence-electron chi connectivity index (χ1n) is 14.3. The van der Waals surface area contributed by atoms with Crippen molar-refractivity contribution in [2.45, 2.75) is 32.5 Å². The van der Waals surface area contributed by atoms with Crippen LogP contribution in [0.4, 0.5) is 11.4 Å². The van der Waals surface area contributed by atoms with Gasteiger partial charge in [-0.15, -0.1) is 12.4 Å². The van der Waals surface area contributed by atoms with Gasteiger partial charge in [0.25, 0.3) is 5.91 Å². The summed E-state index contributed by atoms with van der Waals surface area (Å²) in [7, 11) is 3.79. The van der Waals surface area contributed by atoms with E-state index in [1.165, 1.54) is 0 Å². The molecule has 9 nitrogen and oxygen atoms in total. The number of piperazine rings is 1. The summed E-state index contributed by atoms with van der Waals surface area (Å²) >= 11 is 0. The maximum atomic E-state index is 14.3. The Balaban J connectivity index is 0.00000405. The Morgan fingerprint density at radius 3 is 2.33 bits per heavy atom. The summed E-state index contributed by atoms with van der Waals surface area (Å²) in [6.07, 6.45) is 0. The second kappa shape index (κ2) is 13.6. The van der Waals surface area contributed by atoms with Gasteiger partial charge in [-0.25, -0.2) is 0 Å². The number of halogens is 1. The summed E-state index contributed by atoms with van der Waals surface area (Å²) in [6, 6.07) is 18.5. The molecule has 2 heterocycles. The van der Waals surface area contributed by atoms with Crippen LogP contribution >= 0.6 is 12.4 Å². The molecular formula is C32H41ClN6O3. The van der Waals surface area contributed by atoms with Crippen LogP contribution in [-0.4, -0.2) is 93.0 Å². The Kier molecular flexibility index (Phi) is 10.2. The van der Waals surface area contributed by atoms with Crippen LogP contribution in [0.3, 0.4) is 0 Å². The molecule has 1 fully saturated rings. The zero-order chi connectivity index (χ0) is 29.1. The first-order chi connectivity index (χ1) is 19.8. The SMILES string of the molecule is CNC(C)C(=O)N[C@H]1CN(C(=O)CN2CCN(C)CC2)c2ccccc2N(Cc2c(C)ccc3ccccc23)C1=O.Cl. The molecule has 1 saturated heterocycles. The predicted octanol–water partition coefficient (Wildman–Crippen LogP) is 2.79. The van der Waals surface area contributed by atoms with Gasteiger partial charge < -0.3 is 25.3 Å². The molecule has 2 N–H and O–H groups in total. The van der Waals surface area contributed by atoms with Crippen molar-refractivity contribution >= 4 is 52.3 Å². The maximum absolute atomic E-state index is 14.3. The van der Waals surface area contributed by atoms with E-state index in [1.807, 2.05) is 36.4 Å². The lowest BCUT2D eigenvalue weighted by molar-refractivity contribution is -0.128. The maximum Gasteiger partial charge on any atom is 0.251 e. The smallest absolute Gasteiger partial charge is 0.251 e. The van der Waals surface area contributed by atoms with E-state index in [4.69, 9.17) is 0 Å². The van der Waals surface area contributed by atoms with Crippen molar-refractivity contribution in [1.29, 1.82) is 0 Å². The first-order valence-corrected chi connectivity index (χ1v) is 14.3. The van der Waals surface area contributed by atoms with Gasteiger partial charge in [0.15, 0.2) is 0 Å². The topological polar surface area (TPSA) is 88.2 Å². The van der Waals surface area contributed by atoms with Crippen LogP contribution in [0.15, 0.2) is 60.7 Å². The molecule has 42 heavy (non-hydrogen) atoms. The molecule has 0 saturated carbocycles. The Hall–Kier alpha value is -3.50. The average molecular weight is 593 g/mol. The minimum absolute atomic E-state index is 0. The van der Waals surface area contributed by atoms with Gasteiger partial charge in [0.1, 0.15) is 6.04 Å². The minimum atomic E-state index is -0.905. The molecule has 0 aromatic heterocycles. The van der Waals surface area contributed by atoms with Crippen molar-refractivity contribution in [2.75, 3.05) is 63.2 Å². The number of nitrogens with one attached hydrogen (secondary N) is 2. The molecule has 224 valence electrons. The molecule has 2 aliphatic heterocycles. The van der Waals surface area contributed by atoms with Crippen molar-refractivity contribution in [3.63, 3.8) is 0 Å². The fourth-order valence-electron chi connectivity index (χ4n) is 5.62. The molecule has 1 unspecified atom stereocenters. The minimum Gasteiger partial charge on any atom is -0.341 e. The molecule has 2 aliphatic rings. The third-order valence-corrected chi connectivity index (χ3v) is 8.38. The lowest BCUT2D eigenvalue weighted by Crippen LogP contribution is -2.56. The van der Waals surface area contributed by atoms with Crippen LogP contribution in [-0.2, 0) is 20.9 Å². The van der Waals surface area contributed by atoms with E-state index in [1.54, 1.807) is 23.8 Å². The van der Waals surface area contributed by atoms with Crippen molar-refractivity contribution < 1.29 is 14.4 Å². The monoisotopic (exact) mass is 592 g/mol. The van der Waals surface area contributed by atoms with Gasteiger partial charge in [0.05, 0.1) is 37.1 Å². The average Bonchev–Trinajstić information content (AvgIpc) is 3.09. The molecular weight excluding hydrogens is 552 g/mol. The molecule has 3 aromatic rings. The van der Waals surface area contributed by atoms with E-state index in [2.05, 4.69) is 58.7 Å². The summed E-state index contributed by atoms with van der Waals surface area (Å²) in [5, 5.41) is 8.07. The number of anilines is 2. The highest BCUT2D eigenvalue weighted by atomic mass is 35.5. The van der Waals surface area contributed by atoms with Gasteiger partial charge in [-0.3, -0.25) is 19.3 Å². The van der Waals surface area contributed by atoms with Gasteiger partial charge in [-0.2, -0.15) is 0 Å². The number of fused-ring (bicyclic) bond motifs is 2. The Morgan fingerprint density at radius 2 is 1.62 bits per heavy atom. The summed E-state index contributed by atoms with van der Waals surface area (Å²) in [5.41, 5.74) is 3.45. The van der Waals surface area contributed by atoms with E-state index >= 15 is 0 Å². The van der Waals surface area contributed by atoms with E-state index in [-0.39, 0.29) is 43.2 Å². The van der Waals surface area contributed by atoms with Crippen LogP contribution in [0.2, 0.25) is 0 Å². The molecule has 0 bridgehead atoms. The number of carbonyl (C=O) groups is 3. The van der Waals surface area contributed by atoms with Gasteiger partial charge in [-0.05, 0) is 62.0 Å². The third kappa shape index (κ3) is 6.60. The van der Waals surface area contributed by atoms with Crippen LogP contribution in [0.1, 0.15) is 18.1 Å². The number of amides is 3. The normalized spacial score (nSPS) is 18.7. The zero-order valence-electron chi connectivity index (χ0n) is 24.8. The standard InChI is InChI=1S/C32H40N6O3.ClH/c1-22-13-14-24-9-5-6-10-25(24)26(22)19-38-29-12-8-7-11-28(29)37(30(39)21-36-17-15-35(4)16-18-36)20-27(32(38)41)34-31(40)23(2)33-3;/h5-14,23,27,33H,15-21H2,1-4H3,(H,34,40);1H/t23?,27-;/m0./s1. The van der Waals surface area contributed by atoms with Crippen LogP contribution in [0.5, 0.6) is 0 Å². The highest BCUT2D eigenvalue weighted by Gasteiger charge is 2.38. The van der Waals surface area contributed by atoms with Crippen molar-refractivity contribution in [3.8, 4) is 0 Å². The van der Waals surface area contributed by atoms with Crippen LogP contribution in [0.25, 0.3) is 10.8 Å². The number of benzene rings is 3. The number of carbonyl (C=O) groups excluding carboxylic acids is 3. The summed E-state index contributed by atoms with van der Waals surface area (Å²) in [5.74, 6) is -0.611. The van der Waals surface area contributed by atoms with Gasteiger partial charge >= 0.3 is 0 Å². The highest BCUT2D eigenvalue weighted by Crippen LogP contribution is 2.35. The second-order valence-corrected chi connectivity index (χ2v) is 11.2. The fourth-order valence-corrected chi connectivity index (χ4v) is 5.62. The molecule has 5 rings (SSSR count). The van der Waals surface area contributed by atoms with Gasteiger partial charge in [0.2, 0.25) is 11.8 Å². The number of hydrogen-bond donors (Lipinski definition) is 2. The number of nitrogens with zero attached hydrogens (tertiary/aromatic N) is 4. The Bertz CT molecular complexity index is 1440. The summed E-state index contributed by atoms with van der Waals surface area (Å²) in [6.45, 7) is 7.86. The number of para-hydroxylation sites is 2. The second-order valence-electron chi connectivity index (χ2n) is 11.2. The molecule has 0 aliphatic carbocycles. The van der Waals surface area contributed by atoms with Crippen LogP contribution < -0.4 is 20.4 Å². The number of aryl methyl sites for hydroxylation is 1. The first kappa shape index (κ1) is 31.4. The Labute approximate surface area is 254 Å². The van der Waals surface area contributed by atoms with Crippen LogP contribution in [0, 0.1) is 6.92 Å². The lowest BCUT2D eigenvalue weighted by atomic mass is 9.99. The molecule has 3 aromatic carbocycles. The number of hydrogen-bond acceptors (Lipinski definition) is 6. The van der Waals surface area contributed by atoms with Crippen molar-refractivity contribution in [3.05, 3.63) is 71.8 Å². The molecule has 10 heteroatoms. The Morgan fingerprint density at radius 1 is 0.952 bits per heavy atom. The summed E-state index contributed by atoms with van der Waals surface area (Å²) < 4.78 is 0. The third-order valence-electron chi connectivity index (χ3n) is 8.38. The molecule has 0 radical (unpaired) electrons. The van der Waals surface area contributed by atoms with E-state index in [0.717, 1.165) is 48.1 Å². The van der Waals surface area contributed by atoms with Gasteiger partial charge in [0, 0.05) is 26.2 Å². The summed E-state index contributed by atoms with van der Waals surface area (Å²) in [4.78, 5) is 49.1. The zero-order valence-corrected chi connectivity index (χ0v) is 25.6. The highest BCUT2D eigenvalue weighted by molar-refractivity contribution is 6.08. The fraction of sp³-hybridized carbons (Fsp3) is 0.406. The van der Waals surface area contributed by atoms with Crippen molar-refractivity contribution in [1.82, 2.24) is 20.4 Å². The predicted molar refractivity (Wildman–Crippen MR) is 170 cm³/mol. The largest absolute Gasteiger partial charge is 0.341 e.